The van der Waals surface area contributed by atoms with E-state index in [0.717, 1.165) is 6.07 Å². The van der Waals surface area contributed by atoms with Gasteiger partial charge in [0, 0.05) is 5.69 Å². The van der Waals surface area contributed by atoms with Crippen molar-refractivity contribution in [2.75, 3.05) is 5.73 Å². The van der Waals surface area contributed by atoms with Gasteiger partial charge in [-0.25, -0.2) is 0 Å². The average molecular weight is 162 g/mol. The molecule has 0 spiro atoms. The average Bonchev–Trinajstić information content (AvgIpc) is 1.86. The molecule has 0 bridgehead atoms. The molecule has 0 amide bonds. The Bertz CT molecular complexity index is 259. The minimum absolute atomic E-state index is 0. The molecule has 62 valence electrons. The Hall–Kier alpha value is -1.19. The standard InChI is InChI=1S/C7H6F3N.H/c8-7(9,10)5-3-1-2-4-6(5)11;/h1-4H,11H2;/q;-1. The smallest absolute Gasteiger partial charge is 0.418 e. The van der Waals surface area contributed by atoms with Gasteiger partial charge in [0.15, 0.2) is 0 Å². The van der Waals surface area contributed by atoms with Crippen LogP contribution in [-0.2, 0) is 6.18 Å². The fraction of sp³-hybridized carbons (Fsp3) is 0.143. The van der Waals surface area contributed by atoms with Crippen molar-refractivity contribution < 1.29 is 14.6 Å². The maximum absolute atomic E-state index is 12.0. The lowest BCUT2D eigenvalue weighted by atomic mass is 10.2. The number of nitrogens with two attached hydrogens (primary N) is 1. The first kappa shape index (κ1) is 7.91. The van der Waals surface area contributed by atoms with E-state index in [1.165, 1.54) is 18.2 Å². The van der Waals surface area contributed by atoms with Crippen LogP contribution in [0.25, 0.3) is 0 Å². The third-order valence-corrected chi connectivity index (χ3v) is 1.27. The second kappa shape index (κ2) is 2.45. The molecule has 0 radical (unpaired) electrons. The zero-order chi connectivity index (χ0) is 8.48. The van der Waals surface area contributed by atoms with Gasteiger partial charge in [0.25, 0.3) is 0 Å². The lowest BCUT2D eigenvalue weighted by Gasteiger charge is -2.07. The number of rotatable bonds is 0. The molecular formula is C7H7F3N-. The number of nitrogen functional groups attached to an aromatic ring is 1. The lowest BCUT2D eigenvalue weighted by molar-refractivity contribution is -0.136. The van der Waals surface area contributed by atoms with Gasteiger partial charge < -0.3 is 7.16 Å². The first-order chi connectivity index (χ1) is 5.02. The maximum Gasteiger partial charge on any atom is 0.418 e. The van der Waals surface area contributed by atoms with Gasteiger partial charge in [-0.15, -0.1) is 0 Å². The molecule has 0 unspecified atom stereocenters. The Labute approximate surface area is 63.1 Å². The topological polar surface area (TPSA) is 26.0 Å². The molecule has 0 aliphatic carbocycles. The van der Waals surface area contributed by atoms with E-state index in [9.17, 15) is 13.2 Å². The molecule has 0 aliphatic rings. The monoisotopic (exact) mass is 162 g/mol. The van der Waals surface area contributed by atoms with Gasteiger partial charge in [0.05, 0.1) is 5.56 Å². The minimum Gasteiger partial charge on any atom is -1.00 e. The van der Waals surface area contributed by atoms with Crippen LogP contribution in [0.3, 0.4) is 0 Å². The maximum atomic E-state index is 12.0. The summed E-state index contributed by atoms with van der Waals surface area (Å²) in [5.41, 5.74) is 4.07. The van der Waals surface area contributed by atoms with Crippen LogP contribution < -0.4 is 5.73 Å². The van der Waals surface area contributed by atoms with E-state index in [1.807, 2.05) is 0 Å². The van der Waals surface area contributed by atoms with Crippen LogP contribution in [0.2, 0.25) is 0 Å². The number of anilines is 1. The molecule has 0 aromatic heterocycles. The highest BCUT2D eigenvalue weighted by molar-refractivity contribution is 5.47. The van der Waals surface area contributed by atoms with Crippen molar-refractivity contribution in [1.29, 1.82) is 0 Å². The summed E-state index contributed by atoms with van der Waals surface area (Å²) >= 11 is 0. The summed E-state index contributed by atoms with van der Waals surface area (Å²) in [5, 5.41) is 0. The van der Waals surface area contributed by atoms with E-state index in [2.05, 4.69) is 0 Å². The Morgan fingerprint density at radius 3 is 2.09 bits per heavy atom. The van der Waals surface area contributed by atoms with Crippen LogP contribution >= 0.6 is 0 Å². The van der Waals surface area contributed by atoms with Crippen LogP contribution in [0.15, 0.2) is 24.3 Å². The SMILES string of the molecule is Nc1ccccc1C(F)(F)F.[H-]. The summed E-state index contributed by atoms with van der Waals surface area (Å²) in [6.45, 7) is 0. The minimum atomic E-state index is -4.34. The summed E-state index contributed by atoms with van der Waals surface area (Å²) in [6, 6.07) is 4.95. The second-order valence-corrected chi connectivity index (χ2v) is 2.09. The predicted molar refractivity (Wildman–Crippen MR) is 37.0 cm³/mol. The molecule has 0 aliphatic heterocycles. The molecule has 1 nitrogen and oxygen atoms in total. The Morgan fingerprint density at radius 2 is 1.73 bits per heavy atom. The van der Waals surface area contributed by atoms with Crippen molar-refractivity contribution in [1.82, 2.24) is 0 Å². The largest absolute Gasteiger partial charge is 1.00 e. The van der Waals surface area contributed by atoms with Gasteiger partial charge in [-0.2, -0.15) is 13.2 Å². The Kier molecular flexibility index (Phi) is 1.76. The van der Waals surface area contributed by atoms with Gasteiger partial charge in [-0.3, -0.25) is 0 Å². The highest BCUT2D eigenvalue weighted by Gasteiger charge is 2.32. The lowest BCUT2D eigenvalue weighted by Crippen LogP contribution is -2.07. The number of alkyl halides is 3. The number of hydrogen-bond donors (Lipinski definition) is 1. The molecular weight excluding hydrogens is 155 g/mol. The van der Waals surface area contributed by atoms with Crippen molar-refractivity contribution >= 4 is 5.69 Å². The molecule has 0 saturated carbocycles. The molecule has 11 heavy (non-hydrogen) atoms. The molecule has 1 aromatic carbocycles. The predicted octanol–water partition coefficient (Wildman–Crippen LogP) is 2.40. The highest BCUT2D eigenvalue weighted by atomic mass is 19.4. The molecule has 0 fully saturated rings. The van der Waals surface area contributed by atoms with Crippen LogP contribution in [0, 0.1) is 0 Å². The van der Waals surface area contributed by atoms with E-state index in [1.54, 1.807) is 0 Å². The number of halogens is 3. The zero-order valence-electron chi connectivity index (χ0n) is 6.52. The van der Waals surface area contributed by atoms with E-state index in [-0.39, 0.29) is 7.11 Å². The van der Waals surface area contributed by atoms with Crippen LogP contribution in [0.1, 0.15) is 6.99 Å². The summed E-state index contributed by atoms with van der Waals surface area (Å²) < 4.78 is 35.9. The van der Waals surface area contributed by atoms with Crippen LogP contribution in [0.4, 0.5) is 18.9 Å². The number of para-hydroxylation sites is 1. The fourth-order valence-electron chi connectivity index (χ4n) is 0.755. The first-order valence-electron chi connectivity index (χ1n) is 2.93. The molecule has 0 atom stereocenters. The van der Waals surface area contributed by atoms with Crippen molar-refractivity contribution in [3.63, 3.8) is 0 Å². The van der Waals surface area contributed by atoms with Gasteiger partial charge in [-0.1, -0.05) is 12.1 Å². The first-order valence-corrected chi connectivity index (χ1v) is 2.93. The molecule has 1 rings (SSSR count). The molecule has 0 heterocycles. The quantitative estimate of drug-likeness (QED) is 0.582. The normalized spacial score (nSPS) is 11.5. The van der Waals surface area contributed by atoms with Crippen molar-refractivity contribution in [3.05, 3.63) is 29.8 Å². The van der Waals surface area contributed by atoms with Crippen LogP contribution in [0.5, 0.6) is 0 Å². The van der Waals surface area contributed by atoms with E-state index >= 15 is 0 Å². The highest BCUT2D eigenvalue weighted by Crippen LogP contribution is 2.32. The summed E-state index contributed by atoms with van der Waals surface area (Å²) in [4.78, 5) is 0. The Balaban J connectivity index is 0.00000121. The summed E-state index contributed by atoms with van der Waals surface area (Å²) in [6.07, 6.45) is -4.34. The molecule has 4 heteroatoms. The van der Waals surface area contributed by atoms with Gasteiger partial charge >= 0.3 is 6.18 Å². The Morgan fingerprint density at radius 1 is 1.18 bits per heavy atom. The molecule has 0 saturated heterocycles. The third kappa shape index (κ3) is 1.63. The van der Waals surface area contributed by atoms with Crippen molar-refractivity contribution in [3.8, 4) is 0 Å². The zero-order valence-corrected chi connectivity index (χ0v) is 5.52. The second-order valence-electron chi connectivity index (χ2n) is 2.09. The van der Waals surface area contributed by atoms with Gasteiger partial charge in [-0.05, 0) is 12.1 Å². The fourth-order valence-corrected chi connectivity index (χ4v) is 0.755. The van der Waals surface area contributed by atoms with Gasteiger partial charge in [0.1, 0.15) is 0 Å². The van der Waals surface area contributed by atoms with Crippen molar-refractivity contribution in [2.24, 2.45) is 0 Å². The third-order valence-electron chi connectivity index (χ3n) is 1.27. The molecule has 2 N–H and O–H groups in total. The van der Waals surface area contributed by atoms with Crippen molar-refractivity contribution in [2.45, 2.75) is 6.18 Å². The van der Waals surface area contributed by atoms with E-state index < -0.39 is 11.7 Å². The number of benzene rings is 1. The van der Waals surface area contributed by atoms with Gasteiger partial charge in [0.2, 0.25) is 0 Å². The van der Waals surface area contributed by atoms with E-state index in [4.69, 9.17) is 5.73 Å². The summed E-state index contributed by atoms with van der Waals surface area (Å²) in [5.74, 6) is 0. The number of hydrogen-bond acceptors (Lipinski definition) is 1. The molecule has 1 aromatic rings. The van der Waals surface area contributed by atoms with Crippen LogP contribution in [-0.4, -0.2) is 0 Å². The van der Waals surface area contributed by atoms with E-state index in [0.29, 0.717) is 0 Å². The summed E-state index contributed by atoms with van der Waals surface area (Å²) in [7, 11) is 0.